The lowest BCUT2D eigenvalue weighted by atomic mass is 10.1. The molecule has 1 atom stereocenters. The molecular weight excluding hydrogens is 350 g/mol. The molecule has 0 fully saturated rings. The van der Waals surface area contributed by atoms with Gasteiger partial charge in [-0.25, -0.2) is 0 Å². The molecule has 3 aromatic rings. The lowest BCUT2D eigenvalue weighted by molar-refractivity contribution is 0.468. The van der Waals surface area contributed by atoms with Crippen LogP contribution in [0.25, 0.3) is 11.3 Å². The number of benzene rings is 2. The average Bonchev–Trinajstić information content (AvgIpc) is 3.05. The van der Waals surface area contributed by atoms with Crippen molar-refractivity contribution in [2.45, 2.75) is 26.4 Å². The molecule has 0 radical (unpaired) electrons. The predicted octanol–water partition coefficient (Wildman–Crippen LogP) is 5.87. The second-order valence-electron chi connectivity index (χ2n) is 5.74. The zero-order valence-corrected chi connectivity index (χ0v) is 14.9. The summed E-state index contributed by atoms with van der Waals surface area (Å²) >= 11 is 3.53. The van der Waals surface area contributed by atoms with E-state index in [9.17, 15) is 0 Å². The first-order chi connectivity index (χ1) is 11.1. The molecule has 1 unspecified atom stereocenters. The second kappa shape index (κ2) is 7.16. The predicted molar refractivity (Wildman–Crippen MR) is 98.3 cm³/mol. The van der Waals surface area contributed by atoms with Gasteiger partial charge in [0.2, 0.25) is 0 Å². The molecule has 0 aliphatic rings. The Labute approximate surface area is 145 Å². The Kier molecular flexibility index (Phi) is 4.99. The van der Waals surface area contributed by atoms with Crippen LogP contribution in [0.5, 0.6) is 0 Å². The molecule has 0 bridgehead atoms. The van der Waals surface area contributed by atoms with Gasteiger partial charge < -0.3 is 9.73 Å². The van der Waals surface area contributed by atoms with Crippen LogP contribution in [0.15, 0.2) is 69.6 Å². The van der Waals surface area contributed by atoms with E-state index in [1.54, 1.807) is 0 Å². The van der Waals surface area contributed by atoms with Gasteiger partial charge >= 0.3 is 0 Å². The third kappa shape index (κ3) is 3.92. The zero-order valence-electron chi connectivity index (χ0n) is 13.3. The first-order valence-corrected chi connectivity index (χ1v) is 8.56. The summed E-state index contributed by atoms with van der Waals surface area (Å²) in [4.78, 5) is 0. The molecule has 1 aromatic heterocycles. The summed E-state index contributed by atoms with van der Waals surface area (Å²) in [7, 11) is 0. The van der Waals surface area contributed by atoms with Crippen LogP contribution in [0, 0.1) is 6.92 Å². The van der Waals surface area contributed by atoms with Crippen LogP contribution in [0.3, 0.4) is 0 Å². The van der Waals surface area contributed by atoms with Crippen LogP contribution in [0.2, 0.25) is 0 Å². The highest BCUT2D eigenvalue weighted by atomic mass is 79.9. The highest BCUT2D eigenvalue weighted by Crippen LogP contribution is 2.26. The summed E-state index contributed by atoms with van der Waals surface area (Å²) in [5.74, 6) is 1.85. The van der Waals surface area contributed by atoms with Crippen molar-refractivity contribution in [3.8, 4) is 11.3 Å². The Bertz CT molecular complexity index is 779. The molecule has 23 heavy (non-hydrogen) atoms. The standard InChI is InChI=1S/C20H20BrNO/c1-14-12-17(8-10-19(14)21)20-11-9-18(23-20)13-22-15(2)16-6-4-3-5-7-16/h3-12,15,22H,13H2,1-2H3. The Morgan fingerprint density at radius 2 is 1.83 bits per heavy atom. The monoisotopic (exact) mass is 369 g/mol. The maximum atomic E-state index is 5.97. The minimum Gasteiger partial charge on any atom is -0.460 e. The Morgan fingerprint density at radius 1 is 1.04 bits per heavy atom. The lowest BCUT2D eigenvalue weighted by Gasteiger charge is -2.12. The Balaban J connectivity index is 1.66. The van der Waals surface area contributed by atoms with E-state index in [1.165, 1.54) is 11.1 Å². The molecule has 0 saturated heterocycles. The SMILES string of the molecule is Cc1cc(-c2ccc(CNC(C)c3ccccc3)o2)ccc1Br. The highest BCUT2D eigenvalue weighted by molar-refractivity contribution is 9.10. The van der Waals surface area contributed by atoms with E-state index in [1.807, 2.05) is 18.2 Å². The summed E-state index contributed by atoms with van der Waals surface area (Å²) in [6.45, 7) is 4.96. The van der Waals surface area contributed by atoms with Gasteiger partial charge in [0.1, 0.15) is 11.5 Å². The summed E-state index contributed by atoms with van der Waals surface area (Å²) in [6.07, 6.45) is 0. The summed E-state index contributed by atoms with van der Waals surface area (Å²) in [6, 6.07) is 21.1. The molecular formula is C20H20BrNO. The van der Waals surface area contributed by atoms with Crippen molar-refractivity contribution in [2.24, 2.45) is 0 Å². The molecule has 118 valence electrons. The van der Waals surface area contributed by atoms with Crippen LogP contribution in [-0.4, -0.2) is 0 Å². The highest BCUT2D eigenvalue weighted by Gasteiger charge is 2.08. The van der Waals surface area contributed by atoms with E-state index in [-0.39, 0.29) is 0 Å². The minimum atomic E-state index is 0.291. The van der Waals surface area contributed by atoms with Gasteiger partial charge in [-0.05, 0) is 49.2 Å². The number of hydrogen-bond acceptors (Lipinski definition) is 2. The maximum absolute atomic E-state index is 5.97. The smallest absolute Gasteiger partial charge is 0.134 e. The van der Waals surface area contributed by atoms with Gasteiger partial charge in [0.15, 0.2) is 0 Å². The van der Waals surface area contributed by atoms with Gasteiger partial charge in [-0.3, -0.25) is 0 Å². The van der Waals surface area contributed by atoms with Gasteiger partial charge in [-0.2, -0.15) is 0 Å². The maximum Gasteiger partial charge on any atom is 0.134 e. The molecule has 0 spiro atoms. The van der Waals surface area contributed by atoms with Crippen LogP contribution in [-0.2, 0) is 6.54 Å². The number of rotatable bonds is 5. The molecule has 3 heteroatoms. The van der Waals surface area contributed by atoms with Gasteiger partial charge in [0, 0.05) is 16.1 Å². The summed E-state index contributed by atoms with van der Waals surface area (Å²) < 4.78 is 7.09. The van der Waals surface area contributed by atoms with E-state index < -0.39 is 0 Å². The van der Waals surface area contributed by atoms with Gasteiger partial charge in [-0.1, -0.05) is 52.3 Å². The third-order valence-electron chi connectivity index (χ3n) is 3.99. The fourth-order valence-electron chi connectivity index (χ4n) is 2.54. The molecule has 0 saturated carbocycles. The van der Waals surface area contributed by atoms with Crippen molar-refractivity contribution in [1.82, 2.24) is 5.32 Å². The normalized spacial score (nSPS) is 12.3. The first-order valence-electron chi connectivity index (χ1n) is 7.77. The number of halogens is 1. The quantitative estimate of drug-likeness (QED) is 0.608. The fraction of sp³-hybridized carbons (Fsp3) is 0.200. The van der Waals surface area contributed by atoms with E-state index in [4.69, 9.17) is 4.42 Å². The Hall–Kier alpha value is -1.84. The molecule has 2 aromatic carbocycles. The summed E-state index contributed by atoms with van der Waals surface area (Å²) in [5.41, 5.74) is 3.59. The van der Waals surface area contributed by atoms with Gasteiger partial charge in [0.25, 0.3) is 0 Å². The molecule has 0 aliphatic carbocycles. The van der Waals surface area contributed by atoms with Crippen molar-refractivity contribution in [1.29, 1.82) is 0 Å². The van der Waals surface area contributed by atoms with Gasteiger partial charge in [0.05, 0.1) is 6.54 Å². The number of hydrogen-bond donors (Lipinski definition) is 1. The fourth-order valence-corrected chi connectivity index (χ4v) is 2.79. The van der Waals surface area contributed by atoms with E-state index >= 15 is 0 Å². The van der Waals surface area contributed by atoms with Crippen LogP contribution < -0.4 is 5.32 Å². The van der Waals surface area contributed by atoms with Crippen molar-refractivity contribution >= 4 is 15.9 Å². The van der Waals surface area contributed by atoms with Crippen molar-refractivity contribution in [3.63, 3.8) is 0 Å². The number of nitrogens with one attached hydrogen (secondary N) is 1. The molecule has 0 aliphatic heterocycles. The summed E-state index contributed by atoms with van der Waals surface area (Å²) in [5, 5.41) is 3.50. The third-order valence-corrected chi connectivity index (χ3v) is 4.88. The van der Waals surface area contributed by atoms with Crippen molar-refractivity contribution in [3.05, 3.63) is 82.0 Å². The molecule has 1 N–H and O–H groups in total. The van der Waals surface area contributed by atoms with E-state index in [0.29, 0.717) is 12.6 Å². The topological polar surface area (TPSA) is 25.2 Å². The second-order valence-corrected chi connectivity index (χ2v) is 6.60. The van der Waals surface area contributed by atoms with E-state index in [0.717, 1.165) is 21.6 Å². The first kappa shape index (κ1) is 16.0. The Morgan fingerprint density at radius 3 is 2.57 bits per heavy atom. The lowest BCUT2D eigenvalue weighted by Crippen LogP contribution is -2.17. The van der Waals surface area contributed by atoms with Crippen molar-refractivity contribution in [2.75, 3.05) is 0 Å². The molecule has 0 amide bonds. The van der Waals surface area contributed by atoms with Gasteiger partial charge in [-0.15, -0.1) is 0 Å². The molecule has 2 nitrogen and oxygen atoms in total. The van der Waals surface area contributed by atoms with Crippen LogP contribution >= 0.6 is 15.9 Å². The molecule has 3 rings (SSSR count). The van der Waals surface area contributed by atoms with Crippen LogP contribution in [0.1, 0.15) is 29.9 Å². The average molecular weight is 370 g/mol. The minimum absolute atomic E-state index is 0.291. The molecule has 1 heterocycles. The number of furan rings is 1. The van der Waals surface area contributed by atoms with Crippen molar-refractivity contribution < 1.29 is 4.42 Å². The number of aryl methyl sites for hydroxylation is 1. The zero-order chi connectivity index (χ0) is 16.2. The van der Waals surface area contributed by atoms with E-state index in [2.05, 4.69) is 77.6 Å². The largest absolute Gasteiger partial charge is 0.460 e. The van der Waals surface area contributed by atoms with Crippen LogP contribution in [0.4, 0.5) is 0 Å².